The summed E-state index contributed by atoms with van der Waals surface area (Å²) in [6, 6.07) is 11.4. The average Bonchev–Trinajstić information content (AvgIpc) is 2.99. The molecule has 4 aromatic rings. The largest absolute Gasteiger partial charge is 0.492 e. The Morgan fingerprint density at radius 3 is 2.84 bits per heavy atom. The van der Waals surface area contributed by atoms with Crippen LogP contribution in [-0.4, -0.2) is 23.4 Å². The fourth-order valence-electron chi connectivity index (χ4n) is 3.29. The Balaban J connectivity index is 2.18. The van der Waals surface area contributed by atoms with Crippen LogP contribution in [-0.2, 0) is 0 Å². The van der Waals surface area contributed by atoms with E-state index in [-0.39, 0.29) is 0 Å². The molecule has 0 fully saturated rings. The number of aromatic nitrogens is 2. The Kier molecular flexibility index (Phi) is 3.42. The molecule has 3 N–H and O–H groups in total. The van der Waals surface area contributed by atoms with Crippen molar-refractivity contribution in [3.05, 3.63) is 53.7 Å². The summed E-state index contributed by atoms with van der Waals surface area (Å²) in [5, 5.41) is 1.99. The van der Waals surface area contributed by atoms with E-state index in [1.807, 2.05) is 37.4 Å². The second-order valence-corrected chi connectivity index (χ2v) is 6.07. The second kappa shape index (κ2) is 5.63. The first-order valence-electron chi connectivity index (χ1n) is 7.92. The molecule has 5 nitrogen and oxygen atoms in total. The molecule has 0 atom stereocenters. The minimum absolute atomic E-state index is 0.532. The van der Waals surface area contributed by atoms with Crippen molar-refractivity contribution >= 4 is 33.9 Å². The number of carbonyl (C=O) groups excluding carboxylic acids is 1. The number of aromatic amines is 1. The molecule has 25 heavy (non-hydrogen) atoms. The molecule has 2 aromatic carbocycles. The van der Waals surface area contributed by atoms with Crippen LogP contribution in [0.2, 0.25) is 0 Å². The number of nitrogens with one attached hydrogen (secondary N) is 1. The predicted octanol–water partition coefficient (Wildman–Crippen LogP) is 4.09. The zero-order chi connectivity index (χ0) is 17.6. The van der Waals surface area contributed by atoms with Crippen molar-refractivity contribution in [2.75, 3.05) is 12.8 Å². The lowest BCUT2D eigenvalue weighted by Crippen LogP contribution is -1.95. The van der Waals surface area contributed by atoms with Gasteiger partial charge in [-0.15, -0.1) is 0 Å². The van der Waals surface area contributed by atoms with Gasteiger partial charge in [0.1, 0.15) is 11.9 Å². The van der Waals surface area contributed by atoms with E-state index in [9.17, 15) is 4.79 Å². The molecule has 2 aromatic heterocycles. The highest BCUT2D eigenvalue weighted by Gasteiger charge is 2.18. The van der Waals surface area contributed by atoms with Gasteiger partial charge in [0.2, 0.25) is 0 Å². The number of methoxy groups -OCH3 is 1. The molecule has 0 aliphatic carbocycles. The smallest absolute Gasteiger partial charge is 0.165 e. The highest BCUT2D eigenvalue weighted by molar-refractivity contribution is 6.16. The number of aryl methyl sites for hydroxylation is 1. The molecule has 4 rings (SSSR count). The SMILES string of the molecule is COc1c(N)cc(-c2cccc(C=O)c2)c2c1[nH]c1ncc(C)cc12. The first kappa shape index (κ1) is 15.2. The molecule has 0 saturated heterocycles. The molecular weight excluding hydrogens is 314 g/mol. The number of carbonyl (C=O) groups is 1. The third kappa shape index (κ3) is 2.32. The van der Waals surface area contributed by atoms with Gasteiger partial charge in [-0.05, 0) is 41.8 Å². The van der Waals surface area contributed by atoms with E-state index in [1.165, 1.54) is 0 Å². The molecule has 0 bridgehead atoms. The van der Waals surface area contributed by atoms with Crippen molar-refractivity contribution in [1.82, 2.24) is 9.97 Å². The van der Waals surface area contributed by atoms with Crippen LogP contribution in [0.5, 0.6) is 5.75 Å². The second-order valence-electron chi connectivity index (χ2n) is 6.07. The maximum absolute atomic E-state index is 11.2. The summed E-state index contributed by atoms with van der Waals surface area (Å²) in [4.78, 5) is 19.0. The third-order valence-electron chi connectivity index (χ3n) is 4.38. The van der Waals surface area contributed by atoms with Crippen LogP contribution in [0.1, 0.15) is 15.9 Å². The van der Waals surface area contributed by atoms with Crippen LogP contribution in [0.3, 0.4) is 0 Å². The number of pyridine rings is 1. The number of nitrogen functional groups attached to an aromatic ring is 1. The molecule has 0 radical (unpaired) electrons. The van der Waals surface area contributed by atoms with Gasteiger partial charge < -0.3 is 15.5 Å². The lowest BCUT2D eigenvalue weighted by atomic mass is 9.97. The third-order valence-corrected chi connectivity index (χ3v) is 4.38. The highest BCUT2D eigenvalue weighted by atomic mass is 16.5. The fourth-order valence-corrected chi connectivity index (χ4v) is 3.29. The number of benzene rings is 2. The van der Waals surface area contributed by atoms with Crippen molar-refractivity contribution in [2.24, 2.45) is 0 Å². The number of H-pyrrole nitrogens is 1. The molecular formula is C20H17N3O2. The topological polar surface area (TPSA) is 81.0 Å². The van der Waals surface area contributed by atoms with Gasteiger partial charge in [-0.1, -0.05) is 18.2 Å². The summed E-state index contributed by atoms with van der Waals surface area (Å²) in [7, 11) is 1.60. The first-order chi connectivity index (χ1) is 12.1. The molecule has 0 unspecified atom stereocenters. The molecule has 0 aliphatic rings. The van der Waals surface area contributed by atoms with E-state index in [0.29, 0.717) is 17.0 Å². The van der Waals surface area contributed by atoms with E-state index >= 15 is 0 Å². The molecule has 0 spiro atoms. The van der Waals surface area contributed by atoms with Crippen molar-refractivity contribution in [3.8, 4) is 16.9 Å². The highest BCUT2D eigenvalue weighted by Crippen LogP contribution is 2.42. The lowest BCUT2D eigenvalue weighted by Gasteiger charge is -2.11. The zero-order valence-electron chi connectivity index (χ0n) is 14.0. The van der Waals surface area contributed by atoms with E-state index in [2.05, 4.69) is 16.0 Å². The summed E-state index contributed by atoms with van der Waals surface area (Å²) < 4.78 is 5.51. The molecule has 2 heterocycles. The minimum atomic E-state index is 0.532. The molecule has 0 saturated carbocycles. The average molecular weight is 331 g/mol. The Labute approximate surface area is 144 Å². The normalized spacial score (nSPS) is 11.1. The number of fused-ring (bicyclic) bond motifs is 3. The van der Waals surface area contributed by atoms with E-state index in [0.717, 1.165) is 44.9 Å². The fraction of sp³-hybridized carbons (Fsp3) is 0.100. The first-order valence-corrected chi connectivity index (χ1v) is 7.92. The zero-order valence-corrected chi connectivity index (χ0v) is 14.0. The van der Waals surface area contributed by atoms with Gasteiger partial charge >= 0.3 is 0 Å². The van der Waals surface area contributed by atoms with Gasteiger partial charge in [-0.25, -0.2) is 4.98 Å². The number of rotatable bonds is 3. The van der Waals surface area contributed by atoms with Crippen LogP contribution >= 0.6 is 0 Å². The van der Waals surface area contributed by atoms with E-state index < -0.39 is 0 Å². The maximum Gasteiger partial charge on any atom is 0.165 e. The quantitative estimate of drug-likeness (QED) is 0.437. The minimum Gasteiger partial charge on any atom is -0.492 e. The maximum atomic E-state index is 11.2. The number of anilines is 1. The van der Waals surface area contributed by atoms with Crippen LogP contribution in [0, 0.1) is 6.92 Å². The van der Waals surface area contributed by atoms with Gasteiger partial charge in [-0.3, -0.25) is 4.79 Å². The van der Waals surface area contributed by atoms with Crippen molar-refractivity contribution in [3.63, 3.8) is 0 Å². The summed E-state index contributed by atoms with van der Waals surface area (Å²) in [6.45, 7) is 2.01. The molecule has 5 heteroatoms. The Morgan fingerprint density at radius 2 is 2.08 bits per heavy atom. The summed E-state index contributed by atoms with van der Waals surface area (Å²) in [6.07, 6.45) is 2.66. The number of hydrogen-bond acceptors (Lipinski definition) is 4. The van der Waals surface area contributed by atoms with Crippen molar-refractivity contribution in [2.45, 2.75) is 6.92 Å². The molecule has 124 valence electrons. The summed E-state index contributed by atoms with van der Waals surface area (Å²) >= 11 is 0. The van der Waals surface area contributed by atoms with Gasteiger partial charge in [-0.2, -0.15) is 0 Å². The predicted molar refractivity (Wildman–Crippen MR) is 100 cm³/mol. The Hall–Kier alpha value is -3.34. The molecule has 0 aliphatic heterocycles. The van der Waals surface area contributed by atoms with Gasteiger partial charge in [0, 0.05) is 22.5 Å². The van der Waals surface area contributed by atoms with Crippen LogP contribution < -0.4 is 10.5 Å². The summed E-state index contributed by atoms with van der Waals surface area (Å²) in [5.74, 6) is 0.598. The van der Waals surface area contributed by atoms with Crippen LogP contribution in [0.15, 0.2) is 42.6 Å². The Morgan fingerprint density at radius 1 is 1.24 bits per heavy atom. The van der Waals surface area contributed by atoms with Gasteiger partial charge in [0.15, 0.2) is 5.75 Å². The van der Waals surface area contributed by atoms with Gasteiger partial charge in [0.05, 0.1) is 18.3 Å². The number of nitrogens with two attached hydrogens (primary N) is 1. The van der Waals surface area contributed by atoms with Crippen molar-refractivity contribution in [1.29, 1.82) is 0 Å². The molecule has 0 amide bonds. The standard InChI is InChI=1S/C20H17N3O2/c1-11-6-15-17-14(13-5-3-4-12(7-13)10-24)8-16(21)19(25-2)18(17)23-20(15)22-9-11/h3-10H,21H2,1-2H3,(H,22,23). The Bertz CT molecular complexity index is 1130. The van der Waals surface area contributed by atoms with E-state index in [4.69, 9.17) is 10.5 Å². The van der Waals surface area contributed by atoms with E-state index in [1.54, 1.807) is 13.2 Å². The lowest BCUT2D eigenvalue weighted by molar-refractivity contribution is 0.112. The number of ether oxygens (including phenoxy) is 1. The van der Waals surface area contributed by atoms with Crippen molar-refractivity contribution < 1.29 is 9.53 Å². The summed E-state index contributed by atoms with van der Waals surface area (Å²) in [5.41, 5.74) is 11.9. The monoisotopic (exact) mass is 331 g/mol. The van der Waals surface area contributed by atoms with Crippen LogP contribution in [0.4, 0.5) is 5.69 Å². The van der Waals surface area contributed by atoms with Gasteiger partial charge in [0.25, 0.3) is 0 Å². The number of hydrogen-bond donors (Lipinski definition) is 2. The number of aldehydes is 1. The number of nitrogens with zero attached hydrogens (tertiary/aromatic N) is 1. The van der Waals surface area contributed by atoms with Crippen LogP contribution in [0.25, 0.3) is 33.1 Å².